The maximum absolute atomic E-state index is 14.0. The van der Waals surface area contributed by atoms with Gasteiger partial charge in [0.2, 0.25) is 5.91 Å². The number of carboxylic acid groups (broad SMARTS) is 1. The minimum atomic E-state index is -0.925. The lowest BCUT2D eigenvalue weighted by Gasteiger charge is -2.26. The number of carbonyl (C=O) groups is 3. The summed E-state index contributed by atoms with van der Waals surface area (Å²) in [7, 11) is 0. The lowest BCUT2D eigenvalue weighted by Crippen LogP contribution is -2.49. The van der Waals surface area contributed by atoms with E-state index in [0.717, 1.165) is 45.9 Å². The highest BCUT2D eigenvalue weighted by Gasteiger charge is 2.46. The third-order valence-corrected chi connectivity index (χ3v) is 11.2. The molecule has 2 aromatic carbocycles. The van der Waals surface area contributed by atoms with Crippen molar-refractivity contribution in [2.24, 2.45) is 11.3 Å². The summed E-state index contributed by atoms with van der Waals surface area (Å²) >= 11 is 1.41. The molecule has 0 radical (unpaired) electrons. The number of hydrogen-bond acceptors (Lipinski definition) is 7. The smallest absolute Gasteiger partial charge is 0.308 e. The number of carbonyl (C=O) groups excluding carboxylic acids is 2. The van der Waals surface area contributed by atoms with Crippen molar-refractivity contribution in [2.75, 3.05) is 19.7 Å². The Bertz CT molecular complexity index is 1810. The Balaban J connectivity index is 1.26. The van der Waals surface area contributed by atoms with Gasteiger partial charge in [-0.2, -0.15) is 0 Å². The van der Waals surface area contributed by atoms with Gasteiger partial charge in [-0.3, -0.25) is 14.4 Å². The molecule has 1 saturated heterocycles. The van der Waals surface area contributed by atoms with E-state index in [0.29, 0.717) is 17.2 Å². The fourth-order valence-corrected chi connectivity index (χ4v) is 7.49. The Labute approximate surface area is 311 Å². The van der Waals surface area contributed by atoms with Gasteiger partial charge in [0.05, 0.1) is 17.4 Å². The van der Waals surface area contributed by atoms with Crippen molar-refractivity contribution in [2.45, 2.75) is 91.5 Å². The average molecular weight is 725 g/mol. The molecule has 10 heteroatoms. The standard InChI is InChI=1S/C42H52N4O5S/c1-7-8-9-10-11-22-51-32-18-16-29(17-19-32)31-24-43-37(44-25-31)30-14-12-28(13-15-30)23-34(39(48)46-26-33(40(49)50)42(5,6)27-46)45-38(47)35-20-21-36(52-35)41(2,3)4/h12-21,24-25,33-34H,7-11,22-23,26-27H2,1-6H3,(H,45,47)(H,49,50). The van der Waals surface area contributed by atoms with Gasteiger partial charge in [-0.25, -0.2) is 9.97 Å². The summed E-state index contributed by atoms with van der Waals surface area (Å²) in [5, 5.41) is 12.8. The maximum atomic E-state index is 14.0. The molecule has 2 unspecified atom stereocenters. The highest BCUT2D eigenvalue weighted by atomic mass is 32.1. The van der Waals surface area contributed by atoms with E-state index in [1.54, 1.807) is 11.0 Å². The summed E-state index contributed by atoms with van der Waals surface area (Å²) in [6, 6.07) is 18.5. The molecule has 276 valence electrons. The fraction of sp³-hybridized carbons (Fsp3) is 0.452. The van der Waals surface area contributed by atoms with E-state index in [1.807, 2.05) is 80.8 Å². The second-order valence-corrected chi connectivity index (χ2v) is 16.6. The van der Waals surface area contributed by atoms with Crippen molar-refractivity contribution >= 4 is 29.1 Å². The van der Waals surface area contributed by atoms with Gasteiger partial charge in [0.25, 0.3) is 5.91 Å². The fourth-order valence-electron chi connectivity index (χ4n) is 6.52. The van der Waals surface area contributed by atoms with Crippen LogP contribution >= 0.6 is 11.3 Å². The van der Waals surface area contributed by atoms with Crippen molar-refractivity contribution in [3.63, 3.8) is 0 Å². The molecule has 0 bridgehead atoms. The van der Waals surface area contributed by atoms with Gasteiger partial charge >= 0.3 is 5.97 Å². The molecule has 1 aliphatic rings. The number of unbranched alkanes of at least 4 members (excludes halogenated alkanes) is 4. The second kappa shape index (κ2) is 16.8. The number of benzene rings is 2. The molecular weight excluding hydrogens is 673 g/mol. The summed E-state index contributed by atoms with van der Waals surface area (Å²) in [5.74, 6) is -0.791. The van der Waals surface area contributed by atoms with Crippen LogP contribution < -0.4 is 10.1 Å². The van der Waals surface area contributed by atoms with Crippen LogP contribution in [0.4, 0.5) is 0 Å². The third kappa shape index (κ3) is 9.85. The molecule has 0 spiro atoms. The predicted molar refractivity (Wildman–Crippen MR) is 207 cm³/mol. The number of rotatable bonds is 15. The summed E-state index contributed by atoms with van der Waals surface area (Å²) in [6.45, 7) is 13.3. The van der Waals surface area contributed by atoms with Gasteiger partial charge in [-0.05, 0) is 52.6 Å². The maximum Gasteiger partial charge on any atom is 0.308 e. The minimum Gasteiger partial charge on any atom is -0.494 e. The number of aromatic nitrogens is 2. The van der Waals surface area contributed by atoms with Crippen LogP contribution in [0.2, 0.25) is 0 Å². The predicted octanol–water partition coefficient (Wildman–Crippen LogP) is 8.43. The van der Waals surface area contributed by atoms with Crippen LogP contribution in [0, 0.1) is 11.3 Å². The number of carboxylic acids is 1. The SMILES string of the molecule is CCCCCCCOc1ccc(-c2cnc(-c3ccc(CC(NC(=O)c4ccc(C(C)(C)C)s4)C(=O)N4CC(C(=O)O)C(C)(C)C4)cc3)nc2)cc1. The Morgan fingerprint density at radius 2 is 1.58 bits per heavy atom. The van der Waals surface area contributed by atoms with Crippen LogP contribution in [0.1, 0.15) is 93.8 Å². The highest BCUT2D eigenvalue weighted by Crippen LogP contribution is 2.36. The molecule has 3 heterocycles. The first-order chi connectivity index (χ1) is 24.7. The van der Waals surface area contributed by atoms with E-state index in [2.05, 4.69) is 43.0 Å². The molecule has 0 aliphatic carbocycles. The van der Waals surface area contributed by atoms with Crippen molar-refractivity contribution in [1.29, 1.82) is 0 Å². The van der Waals surface area contributed by atoms with E-state index >= 15 is 0 Å². The molecule has 52 heavy (non-hydrogen) atoms. The minimum absolute atomic E-state index is 0.101. The first-order valence-corrected chi connectivity index (χ1v) is 19.1. The number of ether oxygens (including phenoxy) is 1. The number of amides is 2. The zero-order chi connectivity index (χ0) is 37.5. The van der Waals surface area contributed by atoms with Gasteiger partial charge < -0.3 is 20.1 Å². The van der Waals surface area contributed by atoms with E-state index < -0.39 is 23.3 Å². The highest BCUT2D eigenvalue weighted by molar-refractivity contribution is 7.14. The van der Waals surface area contributed by atoms with Crippen LogP contribution in [-0.2, 0) is 21.4 Å². The van der Waals surface area contributed by atoms with Crippen molar-refractivity contribution in [3.05, 3.63) is 88.4 Å². The molecule has 1 aliphatic heterocycles. The second-order valence-electron chi connectivity index (χ2n) is 15.5. The van der Waals surface area contributed by atoms with Crippen molar-refractivity contribution in [3.8, 4) is 28.3 Å². The summed E-state index contributed by atoms with van der Waals surface area (Å²) in [6.07, 6.45) is 9.88. The summed E-state index contributed by atoms with van der Waals surface area (Å²) in [5.41, 5.74) is 2.88. The normalized spacial score (nSPS) is 16.0. The van der Waals surface area contributed by atoms with Crippen LogP contribution in [0.15, 0.2) is 73.1 Å². The number of thiophene rings is 1. The third-order valence-electron chi connectivity index (χ3n) is 9.73. The van der Waals surface area contributed by atoms with Gasteiger partial charge in [-0.1, -0.05) is 104 Å². The molecule has 2 N–H and O–H groups in total. The van der Waals surface area contributed by atoms with E-state index in [4.69, 9.17) is 4.74 Å². The number of aliphatic carboxylic acids is 1. The number of nitrogens with one attached hydrogen (secondary N) is 1. The molecule has 2 amide bonds. The van der Waals surface area contributed by atoms with E-state index in [-0.39, 0.29) is 30.2 Å². The first-order valence-electron chi connectivity index (χ1n) is 18.3. The van der Waals surface area contributed by atoms with Crippen LogP contribution in [0.5, 0.6) is 5.75 Å². The molecule has 9 nitrogen and oxygen atoms in total. The van der Waals surface area contributed by atoms with Crippen LogP contribution in [0.25, 0.3) is 22.5 Å². The van der Waals surface area contributed by atoms with E-state index in [1.165, 1.54) is 37.0 Å². The number of nitrogens with zero attached hydrogens (tertiary/aromatic N) is 3. The quantitative estimate of drug-likeness (QED) is 0.118. The Kier molecular flexibility index (Phi) is 12.5. The summed E-state index contributed by atoms with van der Waals surface area (Å²) < 4.78 is 5.90. The lowest BCUT2D eigenvalue weighted by atomic mass is 9.82. The molecule has 2 atom stereocenters. The average Bonchev–Trinajstić information content (AvgIpc) is 3.75. The Morgan fingerprint density at radius 1 is 0.923 bits per heavy atom. The van der Waals surface area contributed by atoms with E-state index in [9.17, 15) is 19.5 Å². The molecule has 0 saturated carbocycles. The summed E-state index contributed by atoms with van der Waals surface area (Å²) in [4.78, 5) is 51.9. The largest absolute Gasteiger partial charge is 0.494 e. The van der Waals surface area contributed by atoms with Gasteiger partial charge in [0.1, 0.15) is 11.8 Å². The first kappa shape index (κ1) is 38.7. The molecular formula is C42H52N4O5S. The molecule has 4 aromatic rings. The Morgan fingerprint density at radius 3 is 2.17 bits per heavy atom. The van der Waals surface area contributed by atoms with Gasteiger partial charge in [-0.15, -0.1) is 11.3 Å². The Hall–Kier alpha value is -4.57. The zero-order valence-corrected chi connectivity index (χ0v) is 32.1. The lowest BCUT2D eigenvalue weighted by molar-refractivity contribution is -0.144. The topological polar surface area (TPSA) is 122 Å². The molecule has 2 aromatic heterocycles. The van der Waals surface area contributed by atoms with Crippen molar-refractivity contribution < 1.29 is 24.2 Å². The monoisotopic (exact) mass is 724 g/mol. The van der Waals surface area contributed by atoms with Gasteiger partial charge in [0.15, 0.2) is 5.82 Å². The number of likely N-dealkylation sites (tertiary alicyclic amines) is 1. The van der Waals surface area contributed by atoms with Gasteiger partial charge in [0, 0.05) is 47.9 Å². The number of hydrogen-bond donors (Lipinski definition) is 2. The van der Waals surface area contributed by atoms with Crippen molar-refractivity contribution in [1.82, 2.24) is 20.2 Å². The molecule has 5 rings (SSSR count). The van der Waals surface area contributed by atoms with Crippen LogP contribution in [-0.4, -0.2) is 63.5 Å². The zero-order valence-electron chi connectivity index (χ0n) is 31.3. The van der Waals surface area contributed by atoms with Crippen LogP contribution in [0.3, 0.4) is 0 Å². The molecule has 1 fully saturated rings.